The number of likely N-dealkylation sites (N-methyl/N-ethyl adjacent to an activating group) is 1. The van der Waals surface area contributed by atoms with Crippen LogP contribution in [0.4, 0.5) is 0 Å². The van der Waals surface area contributed by atoms with Crippen LogP contribution >= 0.6 is 15.9 Å². The van der Waals surface area contributed by atoms with Crippen LogP contribution in [0.25, 0.3) is 0 Å². The Bertz CT molecular complexity index is 441. The lowest BCUT2D eigenvalue weighted by Gasteiger charge is -2.39. The highest BCUT2D eigenvalue weighted by Crippen LogP contribution is 2.41. The van der Waals surface area contributed by atoms with Gasteiger partial charge in [0.2, 0.25) is 0 Å². The van der Waals surface area contributed by atoms with E-state index in [0.717, 1.165) is 18.3 Å². The van der Waals surface area contributed by atoms with Crippen LogP contribution in [0, 0.1) is 17.3 Å². The van der Waals surface area contributed by atoms with Gasteiger partial charge in [0.05, 0.1) is 0 Å². The third-order valence-corrected chi connectivity index (χ3v) is 5.77. The largest absolute Gasteiger partial charge is 0.316 e. The Morgan fingerprint density at radius 2 is 1.86 bits per heavy atom. The molecule has 1 nitrogen and oxygen atoms in total. The summed E-state index contributed by atoms with van der Waals surface area (Å²) in [5, 5.41) is 3.58. The standard InChI is InChI=1S/C19H30BrN/c1-19(2,3)16-10-8-15(9-11-16)18(21-4)13-14-6-5-7-17(20)12-14/h5-7,12,15-16,18,21H,8-11,13H2,1-4H3. The summed E-state index contributed by atoms with van der Waals surface area (Å²) in [5.74, 6) is 1.73. The number of hydrogen-bond donors (Lipinski definition) is 1. The lowest BCUT2D eigenvalue weighted by atomic mass is 9.68. The Kier molecular flexibility index (Phi) is 5.90. The fourth-order valence-corrected chi connectivity index (χ4v) is 4.26. The van der Waals surface area contributed by atoms with Crippen LogP contribution < -0.4 is 5.32 Å². The van der Waals surface area contributed by atoms with E-state index in [1.165, 1.54) is 35.7 Å². The molecule has 0 aliphatic heterocycles. The lowest BCUT2D eigenvalue weighted by Crippen LogP contribution is -2.39. The van der Waals surface area contributed by atoms with Crippen molar-refractivity contribution in [2.75, 3.05) is 7.05 Å². The molecule has 1 N–H and O–H groups in total. The molecule has 2 rings (SSSR count). The second-order valence-corrected chi connectivity index (χ2v) is 8.62. The molecule has 1 saturated carbocycles. The van der Waals surface area contributed by atoms with E-state index in [1.807, 2.05) is 0 Å². The Balaban J connectivity index is 1.94. The van der Waals surface area contributed by atoms with Crippen molar-refractivity contribution in [2.45, 2.75) is 58.9 Å². The zero-order valence-corrected chi connectivity index (χ0v) is 15.5. The van der Waals surface area contributed by atoms with E-state index >= 15 is 0 Å². The van der Waals surface area contributed by atoms with Crippen molar-refractivity contribution in [1.29, 1.82) is 0 Å². The van der Waals surface area contributed by atoms with E-state index in [4.69, 9.17) is 0 Å². The average molecular weight is 352 g/mol. The maximum Gasteiger partial charge on any atom is 0.0178 e. The van der Waals surface area contributed by atoms with Crippen molar-refractivity contribution in [2.24, 2.45) is 17.3 Å². The number of hydrogen-bond acceptors (Lipinski definition) is 1. The molecule has 0 heterocycles. The molecule has 2 heteroatoms. The fraction of sp³-hybridized carbons (Fsp3) is 0.684. The smallest absolute Gasteiger partial charge is 0.0178 e. The summed E-state index contributed by atoms with van der Waals surface area (Å²) in [5.41, 5.74) is 1.91. The highest BCUT2D eigenvalue weighted by Gasteiger charge is 2.32. The minimum atomic E-state index is 0.477. The molecule has 1 aromatic rings. The number of benzene rings is 1. The van der Waals surface area contributed by atoms with Crippen molar-refractivity contribution >= 4 is 15.9 Å². The van der Waals surface area contributed by atoms with Gasteiger partial charge in [-0.25, -0.2) is 0 Å². The van der Waals surface area contributed by atoms with E-state index < -0.39 is 0 Å². The van der Waals surface area contributed by atoms with Crippen molar-refractivity contribution < 1.29 is 0 Å². The van der Waals surface area contributed by atoms with Gasteiger partial charge in [-0.2, -0.15) is 0 Å². The summed E-state index contributed by atoms with van der Waals surface area (Å²) in [4.78, 5) is 0. The third kappa shape index (κ3) is 4.82. The molecule has 1 atom stereocenters. The second-order valence-electron chi connectivity index (χ2n) is 7.71. The zero-order chi connectivity index (χ0) is 15.5. The molecule has 0 amide bonds. The molecule has 1 fully saturated rings. The predicted octanol–water partition coefficient (Wildman–Crippen LogP) is 5.43. The number of halogens is 1. The monoisotopic (exact) mass is 351 g/mol. The number of nitrogens with one attached hydrogen (secondary N) is 1. The van der Waals surface area contributed by atoms with Gasteiger partial charge in [-0.3, -0.25) is 0 Å². The highest BCUT2D eigenvalue weighted by atomic mass is 79.9. The summed E-state index contributed by atoms with van der Waals surface area (Å²) >= 11 is 3.58. The van der Waals surface area contributed by atoms with Crippen LogP contribution in [0.1, 0.15) is 52.0 Å². The van der Waals surface area contributed by atoms with Gasteiger partial charge in [0.15, 0.2) is 0 Å². The van der Waals surface area contributed by atoms with Crippen LogP contribution in [-0.2, 0) is 6.42 Å². The van der Waals surface area contributed by atoms with E-state index in [0.29, 0.717) is 11.5 Å². The fourth-order valence-electron chi connectivity index (χ4n) is 3.81. The van der Waals surface area contributed by atoms with Crippen LogP contribution in [0.2, 0.25) is 0 Å². The SMILES string of the molecule is CNC(Cc1cccc(Br)c1)C1CCC(C(C)(C)C)CC1. The van der Waals surface area contributed by atoms with E-state index in [2.05, 4.69) is 73.3 Å². The van der Waals surface area contributed by atoms with E-state index in [-0.39, 0.29) is 0 Å². The molecule has 0 bridgehead atoms. The first kappa shape index (κ1) is 17.0. The van der Waals surface area contributed by atoms with Gasteiger partial charge >= 0.3 is 0 Å². The molecule has 21 heavy (non-hydrogen) atoms. The molecular formula is C19H30BrN. The summed E-state index contributed by atoms with van der Waals surface area (Å²) in [6, 6.07) is 9.36. The van der Waals surface area contributed by atoms with Gasteiger partial charge < -0.3 is 5.32 Å². The first-order valence-electron chi connectivity index (χ1n) is 8.32. The van der Waals surface area contributed by atoms with Gasteiger partial charge in [-0.05, 0) is 74.1 Å². The van der Waals surface area contributed by atoms with E-state index in [9.17, 15) is 0 Å². The van der Waals surface area contributed by atoms with Gasteiger partial charge in [0.1, 0.15) is 0 Å². The maximum absolute atomic E-state index is 3.58. The Labute approximate surface area is 139 Å². The van der Waals surface area contributed by atoms with Crippen molar-refractivity contribution in [3.05, 3.63) is 34.3 Å². The molecule has 1 aromatic carbocycles. The van der Waals surface area contributed by atoms with Crippen LogP contribution in [0.3, 0.4) is 0 Å². The lowest BCUT2D eigenvalue weighted by molar-refractivity contribution is 0.134. The molecule has 0 saturated heterocycles. The second kappa shape index (κ2) is 7.28. The zero-order valence-electron chi connectivity index (χ0n) is 14.0. The molecular weight excluding hydrogens is 322 g/mol. The number of rotatable bonds is 4. The Morgan fingerprint density at radius 1 is 1.19 bits per heavy atom. The van der Waals surface area contributed by atoms with Crippen LogP contribution in [-0.4, -0.2) is 13.1 Å². The predicted molar refractivity (Wildman–Crippen MR) is 95.6 cm³/mol. The molecule has 118 valence electrons. The first-order chi connectivity index (χ1) is 9.90. The molecule has 0 spiro atoms. The molecule has 1 aliphatic carbocycles. The molecule has 0 aromatic heterocycles. The minimum absolute atomic E-state index is 0.477. The summed E-state index contributed by atoms with van der Waals surface area (Å²) in [7, 11) is 2.12. The van der Waals surface area contributed by atoms with Crippen molar-refractivity contribution in [3.63, 3.8) is 0 Å². The Hall–Kier alpha value is -0.340. The molecule has 1 unspecified atom stereocenters. The maximum atomic E-state index is 3.58. The summed E-state index contributed by atoms with van der Waals surface area (Å²) < 4.78 is 1.19. The first-order valence-corrected chi connectivity index (χ1v) is 9.11. The molecule has 0 radical (unpaired) electrons. The minimum Gasteiger partial charge on any atom is -0.316 e. The molecule has 1 aliphatic rings. The highest BCUT2D eigenvalue weighted by molar-refractivity contribution is 9.10. The summed E-state index contributed by atoms with van der Waals surface area (Å²) in [6.07, 6.45) is 6.68. The van der Waals surface area contributed by atoms with Gasteiger partial charge in [0, 0.05) is 10.5 Å². The van der Waals surface area contributed by atoms with Gasteiger partial charge in [-0.15, -0.1) is 0 Å². The van der Waals surface area contributed by atoms with Gasteiger partial charge in [0.25, 0.3) is 0 Å². The van der Waals surface area contributed by atoms with Crippen molar-refractivity contribution in [3.8, 4) is 0 Å². The topological polar surface area (TPSA) is 12.0 Å². The average Bonchev–Trinajstić information content (AvgIpc) is 2.44. The third-order valence-electron chi connectivity index (χ3n) is 5.28. The van der Waals surface area contributed by atoms with E-state index in [1.54, 1.807) is 0 Å². The van der Waals surface area contributed by atoms with Crippen LogP contribution in [0.15, 0.2) is 28.7 Å². The normalized spacial score (nSPS) is 24.8. The van der Waals surface area contributed by atoms with Crippen molar-refractivity contribution in [1.82, 2.24) is 5.32 Å². The van der Waals surface area contributed by atoms with Crippen LogP contribution in [0.5, 0.6) is 0 Å². The quantitative estimate of drug-likeness (QED) is 0.762. The van der Waals surface area contributed by atoms with Gasteiger partial charge in [-0.1, -0.05) is 48.8 Å². The summed E-state index contributed by atoms with van der Waals surface area (Å²) in [6.45, 7) is 7.19. The Morgan fingerprint density at radius 3 is 2.38 bits per heavy atom.